The van der Waals surface area contributed by atoms with Gasteiger partial charge in [-0.25, -0.2) is 4.79 Å². The number of benzene rings is 1. The molecule has 1 aromatic carbocycles. The molecular formula is C17H24N2O2. The van der Waals surface area contributed by atoms with E-state index in [2.05, 4.69) is 10.2 Å². The Morgan fingerprint density at radius 3 is 2.57 bits per heavy atom. The summed E-state index contributed by atoms with van der Waals surface area (Å²) in [5.74, 6) is -0.130. The Labute approximate surface area is 126 Å². The first kappa shape index (κ1) is 14.5. The summed E-state index contributed by atoms with van der Waals surface area (Å²) in [6.45, 7) is 4.73. The SMILES string of the molecule is O=C(O)c1ccc(CC2CCN(C3CCNCC3)C2)cc1. The number of nitrogens with zero attached hydrogens (tertiary/aromatic N) is 1. The Hall–Kier alpha value is -1.39. The average molecular weight is 288 g/mol. The molecule has 1 aromatic rings. The van der Waals surface area contributed by atoms with Gasteiger partial charge in [0.05, 0.1) is 5.56 Å². The zero-order valence-electron chi connectivity index (χ0n) is 12.4. The van der Waals surface area contributed by atoms with Crippen LogP contribution >= 0.6 is 0 Å². The number of carbonyl (C=O) groups is 1. The number of carboxylic acid groups (broad SMARTS) is 1. The van der Waals surface area contributed by atoms with Crippen molar-refractivity contribution in [1.82, 2.24) is 10.2 Å². The molecule has 0 aliphatic carbocycles. The number of nitrogens with one attached hydrogen (secondary N) is 1. The number of carboxylic acids is 1. The van der Waals surface area contributed by atoms with Crippen LogP contribution in [0.15, 0.2) is 24.3 Å². The lowest BCUT2D eigenvalue weighted by atomic mass is 9.97. The average Bonchev–Trinajstić information content (AvgIpc) is 2.97. The summed E-state index contributed by atoms with van der Waals surface area (Å²) in [5, 5.41) is 12.4. The maximum Gasteiger partial charge on any atom is 0.335 e. The highest BCUT2D eigenvalue weighted by molar-refractivity contribution is 5.87. The second-order valence-electron chi connectivity index (χ2n) is 6.34. The van der Waals surface area contributed by atoms with Crippen molar-refractivity contribution in [2.45, 2.75) is 31.7 Å². The minimum Gasteiger partial charge on any atom is -0.478 e. The van der Waals surface area contributed by atoms with Crippen molar-refractivity contribution in [3.05, 3.63) is 35.4 Å². The van der Waals surface area contributed by atoms with Gasteiger partial charge in [0.2, 0.25) is 0 Å². The molecule has 2 saturated heterocycles. The van der Waals surface area contributed by atoms with E-state index in [1.807, 2.05) is 12.1 Å². The van der Waals surface area contributed by atoms with Crippen molar-refractivity contribution in [2.24, 2.45) is 5.92 Å². The summed E-state index contributed by atoms with van der Waals surface area (Å²) in [6, 6.07) is 8.15. The number of piperidine rings is 1. The number of likely N-dealkylation sites (tertiary alicyclic amines) is 1. The standard InChI is InChI=1S/C17H24N2O2/c20-17(21)15-3-1-13(2-4-15)11-14-7-10-19(12-14)16-5-8-18-9-6-16/h1-4,14,16,18H,5-12H2,(H,20,21). The van der Waals surface area contributed by atoms with Crippen molar-refractivity contribution >= 4 is 5.97 Å². The van der Waals surface area contributed by atoms with E-state index in [1.165, 1.54) is 37.9 Å². The molecule has 0 amide bonds. The Morgan fingerprint density at radius 2 is 1.90 bits per heavy atom. The van der Waals surface area contributed by atoms with Gasteiger partial charge in [0.1, 0.15) is 0 Å². The molecule has 0 saturated carbocycles. The van der Waals surface area contributed by atoms with E-state index in [4.69, 9.17) is 5.11 Å². The summed E-state index contributed by atoms with van der Waals surface area (Å²) < 4.78 is 0. The lowest BCUT2D eigenvalue weighted by Gasteiger charge is -2.31. The van der Waals surface area contributed by atoms with Crippen LogP contribution in [0.2, 0.25) is 0 Å². The van der Waals surface area contributed by atoms with Crippen LogP contribution in [0.25, 0.3) is 0 Å². The normalized spacial score (nSPS) is 24.3. The smallest absolute Gasteiger partial charge is 0.335 e. The minimum atomic E-state index is -0.848. The molecule has 0 radical (unpaired) electrons. The predicted octanol–water partition coefficient (Wildman–Crippen LogP) is 2.00. The number of hydrogen-bond donors (Lipinski definition) is 2. The van der Waals surface area contributed by atoms with Crippen LogP contribution in [-0.2, 0) is 6.42 Å². The maximum atomic E-state index is 10.9. The summed E-state index contributed by atoms with van der Waals surface area (Å²) >= 11 is 0. The molecule has 2 N–H and O–H groups in total. The lowest BCUT2D eigenvalue weighted by Crippen LogP contribution is -2.42. The number of rotatable bonds is 4. The third-order valence-electron chi connectivity index (χ3n) is 4.87. The highest BCUT2D eigenvalue weighted by Crippen LogP contribution is 2.25. The van der Waals surface area contributed by atoms with E-state index in [-0.39, 0.29) is 0 Å². The largest absolute Gasteiger partial charge is 0.478 e. The van der Waals surface area contributed by atoms with Crippen LogP contribution in [0.1, 0.15) is 35.2 Å². The molecule has 4 heteroatoms. The van der Waals surface area contributed by atoms with Crippen molar-refractivity contribution < 1.29 is 9.90 Å². The summed E-state index contributed by atoms with van der Waals surface area (Å²) in [6.07, 6.45) is 4.89. The zero-order chi connectivity index (χ0) is 14.7. The predicted molar refractivity (Wildman–Crippen MR) is 82.7 cm³/mol. The molecule has 21 heavy (non-hydrogen) atoms. The summed E-state index contributed by atoms with van der Waals surface area (Å²) in [4.78, 5) is 13.5. The van der Waals surface area contributed by atoms with Crippen molar-refractivity contribution in [3.63, 3.8) is 0 Å². The first-order valence-electron chi connectivity index (χ1n) is 7.99. The Morgan fingerprint density at radius 1 is 1.19 bits per heavy atom. The Bertz CT molecular complexity index is 480. The van der Waals surface area contributed by atoms with Crippen molar-refractivity contribution in [3.8, 4) is 0 Å². The molecule has 1 atom stereocenters. The highest BCUT2D eigenvalue weighted by atomic mass is 16.4. The minimum absolute atomic E-state index is 0.376. The molecular weight excluding hydrogens is 264 g/mol. The maximum absolute atomic E-state index is 10.9. The molecule has 0 aromatic heterocycles. The lowest BCUT2D eigenvalue weighted by molar-refractivity contribution is 0.0697. The fourth-order valence-corrected chi connectivity index (χ4v) is 3.65. The fourth-order valence-electron chi connectivity index (χ4n) is 3.65. The quantitative estimate of drug-likeness (QED) is 0.890. The van der Waals surface area contributed by atoms with E-state index in [9.17, 15) is 4.79 Å². The van der Waals surface area contributed by atoms with Gasteiger partial charge in [0.25, 0.3) is 0 Å². The molecule has 0 spiro atoms. The van der Waals surface area contributed by atoms with Gasteiger partial charge in [-0.2, -0.15) is 0 Å². The van der Waals surface area contributed by atoms with Gasteiger partial charge in [-0.1, -0.05) is 12.1 Å². The van der Waals surface area contributed by atoms with Crippen LogP contribution in [0.5, 0.6) is 0 Å². The van der Waals surface area contributed by atoms with Gasteiger partial charge in [-0.05, 0) is 68.9 Å². The van der Waals surface area contributed by atoms with Gasteiger partial charge in [0, 0.05) is 12.6 Å². The summed E-state index contributed by atoms with van der Waals surface area (Å²) in [7, 11) is 0. The van der Waals surface area contributed by atoms with Gasteiger partial charge in [0.15, 0.2) is 0 Å². The molecule has 2 heterocycles. The number of aromatic carboxylic acids is 1. The first-order valence-corrected chi connectivity index (χ1v) is 7.99. The third-order valence-corrected chi connectivity index (χ3v) is 4.87. The second kappa shape index (κ2) is 6.58. The topological polar surface area (TPSA) is 52.6 Å². The molecule has 1 unspecified atom stereocenters. The van der Waals surface area contributed by atoms with Crippen LogP contribution in [0, 0.1) is 5.92 Å². The summed E-state index contributed by atoms with van der Waals surface area (Å²) in [5.41, 5.74) is 1.64. The second-order valence-corrected chi connectivity index (χ2v) is 6.34. The van der Waals surface area contributed by atoms with E-state index in [0.29, 0.717) is 5.56 Å². The molecule has 2 aliphatic heterocycles. The third kappa shape index (κ3) is 3.63. The molecule has 0 bridgehead atoms. The molecule has 2 aliphatic rings. The Kier molecular flexibility index (Phi) is 4.56. The van der Waals surface area contributed by atoms with Gasteiger partial charge >= 0.3 is 5.97 Å². The van der Waals surface area contributed by atoms with E-state index in [1.54, 1.807) is 12.1 Å². The molecule has 2 fully saturated rings. The first-order chi connectivity index (χ1) is 10.2. The number of hydrogen-bond acceptors (Lipinski definition) is 3. The molecule has 114 valence electrons. The monoisotopic (exact) mass is 288 g/mol. The van der Waals surface area contributed by atoms with Gasteiger partial charge < -0.3 is 10.4 Å². The van der Waals surface area contributed by atoms with E-state index >= 15 is 0 Å². The van der Waals surface area contributed by atoms with Crippen LogP contribution < -0.4 is 5.32 Å². The van der Waals surface area contributed by atoms with Crippen molar-refractivity contribution in [1.29, 1.82) is 0 Å². The van der Waals surface area contributed by atoms with Gasteiger partial charge in [-0.3, -0.25) is 4.90 Å². The van der Waals surface area contributed by atoms with Gasteiger partial charge in [-0.15, -0.1) is 0 Å². The van der Waals surface area contributed by atoms with E-state index < -0.39 is 5.97 Å². The highest BCUT2D eigenvalue weighted by Gasteiger charge is 2.28. The molecule has 3 rings (SSSR count). The van der Waals surface area contributed by atoms with Crippen LogP contribution in [-0.4, -0.2) is 48.2 Å². The fraction of sp³-hybridized carbons (Fsp3) is 0.588. The van der Waals surface area contributed by atoms with Crippen LogP contribution in [0.4, 0.5) is 0 Å². The molecule has 4 nitrogen and oxygen atoms in total. The Balaban J connectivity index is 1.53. The van der Waals surface area contributed by atoms with Crippen LogP contribution in [0.3, 0.4) is 0 Å². The van der Waals surface area contributed by atoms with Crippen molar-refractivity contribution in [2.75, 3.05) is 26.2 Å². The van der Waals surface area contributed by atoms with E-state index in [0.717, 1.165) is 31.5 Å². The zero-order valence-corrected chi connectivity index (χ0v) is 12.4.